The first-order valence-corrected chi connectivity index (χ1v) is 12.0. The van der Waals surface area contributed by atoms with Gasteiger partial charge in [-0.25, -0.2) is 4.98 Å². The molecule has 14 heteroatoms. The topological polar surface area (TPSA) is 121 Å². The number of hydrogen-bond donors (Lipinski definition) is 2. The number of nitrogens with two attached hydrogens (primary N) is 1. The molecule has 2 amide bonds. The van der Waals surface area contributed by atoms with Crippen LogP contribution in [0.15, 0.2) is 24.7 Å². The van der Waals surface area contributed by atoms with Crippen LogP contribution in [-0.2, 0) is 24.1 Å². The third-order valence-electron chi connectivity index (χ3n) is 5.63. The Kier molecular flexibility index (Phi) is 6.80. The lowest BCUT2D eigenvalue weighted by Crippen LogP contribution is -2.25. The van der Waals surface area contributed by atoms with Crippen molar-refractivity contribution in [1.82, 2.24) is 24.5 Å². The standard InChI is InChI=1S/C22H21ClF3N7O2S/c1-4-33-11(3)14(7-29-33)13-5-15(22(24,25)26)30-21-16(13)17(18(36-21)19(27)34)31-20(35)10(2)8-32-9-12(23)6-28-32/h5-7,9-10H,4,8H2,1-3H3,(H2,27,34)(H,31,35). The highest BCUT2D eigenvalue weighted by molar-refractivity contribution is 7.21. The summed E-state index contributed by atoms with van der Waals surface area (Å²) in [6.07, 6.45) is -0.309. The highest BCUT2D eigenvalue weighted by atomic mass is 35.5. The minimum atomic E-state index is -4.74. The summed E-state index contributed by atoms with van der Waals surface area (Å²) in [5.74, 6) is -2.02. The first-order valence-electron chi connectivity index (χ1n) is 10.8. The van der Waals surface area contributed by atoms with Crippen molar-refractivity contribution < 1.29 is 22.8 Å². The number of halogens is 4. The Bertz CT molecular complexity index is 1470. The molecule has 4 aromatic rings. The Hall–Kier alpha value is -3.45. The van der Waals surface area contributed by atoms with E-state index in [1.54, 1.807) is 24.7 Å². The van der Waals surface area contributed by atoms with Gasteiger partial charge in [0.25, 0.3) is 5.91 Å². The number of nitrogens with zero attached hydrogens (tertiary/aromatic N) is 5. The van der Waals surface area contributed by atoms with Gasteiger partial charge < -0.3 is 11.1 Å². The van der Waals surface area contributed by atoms with Crippen LogP contribution in [0.3, 0.4) is 0 Å². The lowest BCUT2D eigenvalue weighted by Gasteiger charge is -2.15. The molecular formula is C22H21ClF3N7O2S. The molecule has 4 heterocycles. The number of thiophene rings is 1. The maximum atomic E-state index is 13.7. The molecule has 0 bridgehead atoms. The van der Waals surface area contributed by atoms with Crippen LogP contribution in [0, 0.1) is 12.8 Å². The lowest BCUT2D eigenvalue weighted by atomic mass is 10.0. The van der Waals surface area contributed by atoms with Gasteiger partial charge in [-0.1, -0.05) is 18.5 Å². The molecule has 0 radical (unpaired) electrons. The number of aromatic nitrogens is 5. The van der Waals surface area contributed by atoms with Crippen LogP contribution in [0.5, 0.6) is 0 Å². The van der Waals surface area contributed by atoms with Crippen molar-refractivity contribution >= 4 is 50.7 Å². The van der Waals surface area contributed by atoms with Gasteiger partial charge in [0.2, 0.25) is 5.91 Å². The summed E-state index contributed by atoms with van der Waals surface area (Å²) in [6.45, 7) is 5.89. The number of pyridine rings is 1. The minimum absolute atomic E-state index is 0.0118. The number of rotatable bonds is 7. The zero-order valence-corrected chi connectivity index (χ0v) is 20.9. The fraction of sp³-hybridized carbons (Fsp3) is 0.318. The normalized spacial score (nSPS) is 12.8. The lowest BCUT2D eigenvalue weighted by molar-refractivity contribution is -0.140. The van der Waals surface area contributed by atoms with Crippen LogP contribution in [0.2, 0.25) is 5.02 Å². The van der Waals surface area contributed by atoms with E-state index >= 15 is 0 Å². The number of nitrogens with one attached hydrogen (secondary N) is 1. The van der Waals surface area contributed by atoms with Crippen molar-refractivity contribution in [2.24, 2.45) is 11.7 Å². The van der Waals surface area contributed by atoms with Gasteiger partial charge in [-0.3, -0.25) is 19.0 Å². The molecule has 0 fully saturated rings. The molecule has 4 aromatic heterocycles. The molecule has 0 spiro atoms. The Balaban J connectivity index is 1.88. The highest BCUT2D eigenvalue weighted by Crippen LogP contribution is 2.44. The van der Waals surface area contributed by atoms with E-state index in [2.05, 4.69) is 20.5 Å². The largest absolute Gasteiger partial charge is 0.433 e. The van der Waals surface area contributed by atoms with Crippen molar-refractivity contribution in [2.45, 2.75) is 40.0 Å². The van der Waals surface area contributed by atoms with Gasteiger partial charge in [-0.2, -0.15) is 23.4 Å². The van der Waals surface area contributed by atoms with Crippen LogP contribution in [0.25, 0.3) is 21.3 Å². The van der Waals surface area contributed by atoms with Crippen LogP contribution in [-0.4, -0.2) is 36.4 Å². The Morgan fingerprint density at radius 1 is 1.25 bits per heavy atom. The molecule has 3 N–H and O–H groups in total. The monoisotopic (exact) mass is 539 g/mol. The van der Waals surface area contributed by atoms with E-state index in [4.69, 9.17) is 17.3 Å². The average molecular weight is 540 g/mol. The molecule has 36 heavy (non-hydrogen) atoms. The average Bonchev–Trinajstić information content (AvgIpc) is 3.49. The Morgan fingerprint density at radius 3 is 2.53 bits per heavy atom. The molecular weight excluding hydrogens is 519 g/mol. The number of aryl methyl sites for hydroxylation is 1. The molecule has 4 rings (SSSR count). The molecule has 190 valence electrons. The zero-order valence-electron chi connectivity index (χ0n) is 19.4. The first kappa shape index (κ1) is 25.6. The summed E-state index contributed by atoms with van der Waals surface area (Å²) >= 11 is 6.57. The smallest absolute Gasteiger partial charge is 0.365 e. The summed E-state index contributed by atoms with van der Waals surface area (Å²) < 4.78 is 44.3. The fourth-order valence-electron chi connectivity index (χ4n) is 3.83. The predicted octanol–water partition coefficient (Wildman–Crippen LogP) is 4.73. The van der Waals surface area contributed by atoms with Crippen molar-refractivity contribution in [3.05, 3.63) is 45.9 Å². The van der Waals surface area contributed by atoms with E-state index in [1.165, 1.54) is 17.1 Å². The van der Waals surface area contributed by atoms with Gasteiger partial charge in [0.1, 0.15) is 15.4 Å². The zero-order chi connectivity index (χ0) is 26.4. The number of carbonyl (C=O) groups excluding carboxylic acids is 2. The number of hydrogen-bond acceptors (Lipinski definition) is 6. The van der Waals surface area contributed by atoms with Crippen LogP contribution < -0.4 is 11.1 Å². The number of anilines is 1. The molecule has 0 saturated heterocycles. The van der Waals surface area contributed by atoms with E-state index < -0.39 is 29.6 Å². The van der Waals surface area contributed by atoms with Crippen LogP contribution >= 0.6 is 22.9 Å². The van der Waals surface area contributed by atoms with Gasteiger partial charge >= 0.3 is 6.18 Å². The van der Waals surface area contributed by atoms with Gasteiger partial charge in [-0.15, -0.1) is 11.3 Å². The number of amides is 2. The maximum absolute atomic E-state index is 13.7. The van der Waals surface area contributed by atoms with Crippen molar-refractivity contribution in [2.75, 3.05) is 5.32 Å². The highest BCUT2D eigenvalue weighted by Gasteiger charge is 2.35. The SMILES string of the molecule is CCn1ncc(-c2cc(C(F)(F)F)nc3sc(C(N)=O)c(NC(=O)C(C)Cn4cc(Cl)cn4)c23)c1C. The quantitative estimate of drug-likeness (QED) is 0.352. The first-order chi connectivity index (χ1) is 16.9. The van der Waals surface area contributed by atoms with Crippen molar-refractivity contribution in [1.29, 1.82) is 0 Å². The third-order valence-corrected chi connectivity index (χ3v) is 6.92. The Morgan fingerprint density at radius 2 is 1.97 bits per heavy atom. The molecule has 0 aliphatic rings. The number of fused-ring (bicyclic) bond motifs is 1. The van der Waals surface area contributed by atoms with E-state index in [-0.39, 0.29) is 32.9 Å². The van der Waals surface area contributed by atoms with E-state index in [0.29, 0.717) is 34.2 Å². The van der Waals surface area contributed by atoms with Crippen LogP contribution in [0.1, 0.15) is 34.9 Å². The summed E-state index contributed by atoms with van der Waals surface area (Å²) in [5, 5.41) is 11.6. The maximum Gasteiger partial charge on any atom is 0.433 e. The molecule has 0 aliphatic carbocycles. The van der Waals surface area contributed by atoms with Crippen LogP contribution in [0.4, 0.5) is 18.9 Å². The predicted molar refractivity (Wildman–Crippen MR) is 130 cm³/mol. The van der Waals surface area contributed by atoms with Gasteiger partial charge in [0, 0.05) is 29.4 Å². The van der Waals surface area contributed by atoms with Gasteiger partial charge in [-0.05, 0) is 25.5 Å². The summed E-state index contributed by atoms with van der Waals surface area (Å²) in [7, 11) is 0. The van der Waals surface area contributed by atoms with Gasteiger partial charge in [0.05, 0.1) is 35.6 Å². The summed E-state index contributed by atoms with van der Waals surface area (Å²) in [6, 6.07) is 0.897. The third kappa shape index (κ3) is 4.80. The second-order valence-electron chi connectivity index (χ2n) is 8.13. The molecule has 0 aromatic carbocycles. The summed E-state index contributed by atoms with van der Waals surface area (Å²) in [5.41, 5.74) is 5.60. The minimum Gasteiger partial charge on any atom is -0.365 e. The molecule has 9 nitrogen and oxygen atoms in total. The van der Waals surface area contributed by atoms with E-state index in [1.807, 2.05) is 6.92 Å². The summed E-state index contributed by atoms with van der Waals surface area (Å²) in [4.78, 5) is 28.9. The molecule has 1 unspecified atom stereocenters. The van der Waals surface area contributed by atoms with Crippen molar-refractivity contribution in [3.8, 4) is 11.1 Å². The van der Waals surface area contributed by atoms with Gasteiger partial charge in [0.15, 0.2) is 0 Å². The van der Waals surface area contributed by atoms with E-state index in [0.717, 1.165) is 6.07 Å². The number of carbonyl (C=O) groups is 2. The molecule has 0 saturated carbocycles. The fourth-order valence-corrected chi connectivity index (χ4v) is 4.99. The second-order valence-corrected chi connectivity index (χ2v) is 9.57. The van der Waals surface area contributed by atoms with Crippen molar-refractivity contribution in [3.63, 3.8) is 0 Å². The van der Waals surface area contributed by atoms with E-state index in [9.17, 15) is 22.8 Å². The molecule has 1 atom stereocenters. The number of alkyl halides is 3. The second kappa shape index (κ2) is 9.54. The number of primary amides is 1. The molecule has 0 aliphatic heterocycles. The Labute approximate surface area is 212 Å².